The number of piperidine rings is 1. The third-order valence-electron chi connectivity index (χ3n) is 4.50. The number of aliphatic hydroxyl groups excluding tert-OH is 1. The zero-order valence-corrected chi connectivity index (χ0v) is 11.7. The molecule has 108 valence electrons. The van der Waals surface area contributed by atoms with Crippen molar-refractivity contribution >= 4 is 11.6 Å². The Bertz CT molecular complexity index is 487. The topological polar surface area (TPSA) is 52.6 Å². The van der Waals surface area contributed by atoms with Crippen molar-refractivity contribution in [1.82, 2.24) is 4.90 Å². The molecule has 2 aliphatic rings. The standard InChI is InChI=1S/C16H22N2O2/c19-9-7-12-4-3-8-18(11-12)16(20)14-10-17-15-6-2-1-5-13(14)15/h1-2,5-6,12,14,17,19H,3-4,7-11H2. The minimum absolute atomic E-state index is 0.0425. The lowest BCUT2D eigenvalue weighted by molar-refractivity contribution is -0.134. The Morgan fingerprint density at radius 2 is 2.25 bits per heavy atom. The molecule has 2 N–H and O–H groups in total. The van der Waals surface area contributed by atoms with Crippen LogP contribution < -0.4 is 5.32 Å². The second-order valence-electron chi connectivity index (χ2n) is 5.83. The van der Waals surface area contributed by atoms with Gasteiger partial charge < -0.3 is 15.3 Å². The smallest absolute Gasteiger partial charge is 0.231 e. The molecule has 1 saturated heterocycles. The molecule has 2 aliphatic heterocycles. The summed E-state index contributed by atoms with van der Waals surface area (Å²) in [6.07, 6.45) is 2.99. The average molecular weight is 274 g/mol. The van der Waals surface area contributed by atoms with E-state index in [0.29, 0.717) is 12.5 Å². The fraction of sp³-hybridized carbons (Fsp3) is 0.562. The van der Waals surface area contributed by atoms with Crippen molar-refractivity contribution in [3.63, 3.8) is 0 Å². The molecule has 4 nitrogen and oxygen atoms in total. The summed E-state index contributed by atoms with van der Waals surface area (Å²) in [5.74, 6) is 0.659. The quantitative estimate of drug-likeness (QED) is 0.884. The lowest BCUT2D eigenvalue weighted by atomic mass is 9.93. The van der Waals surface area contributed by atoms with Gasteiger partial charge in [0.15, 0.2) is 0 Å². The van der Waals surface area contributed by atoms with Crippen molar-refractivity contribution in [2.75, 3.05) is 31.6 Å². The van der Waals surface area contributed by atoms with Crippen LogP contribution in [0.2, 0.25) is 0 Å². The van der Waals surface area contributed by atoms with E-state index in [4.69, 9.17) is 5.11 Å². The van der Waals surface area contributed by atoms with E-state index in [0.717, 1.165) is 43.6 Å². The lowest BCUT2D eigenvalue weighted by Crippen LogP contribution is -2.43. The zero-order chi connectivity index (χ0) is 13.9. The average Bonchev–Trinajstić information content (AvgIpc) is 2.91. The maximum atomic E-state index is 12.7. The van der Waals surface area contributed by atoms with Crippen LogP contribution in [0.1, 0.15) is 30.7 Å². The number of hydrogen-bond donors (Lipinski definition) is 2. The molecule has 3 rings (SSSR count). The van der Waals surface area contributed by atoms with Crippen LogP contribution in [-0.2, 0) is 4.79 Å². The largest absolute Gasteiger partial charge is 0.396 e. The normalized spacial score (nSPS) is 25.1. The summed E-state index contributed by atoms with van der Waals surface area (Å²) >= 11 is 0. The summed E-state index contributed by atoms with van der Waals surface area (Å²) in [5.41, 5.74) is 2.22. The summed E-state index contributed by atoms with van der Waals surface area (Å²) in [5, 5.41) is 12.4. The van der Waals surface area contributed by atoms with Crippen LogP contribution in [0.25, 0.3) is 0 Å². The van der Waals surface area contributed by atoms with E-state index < -0.39 is 0 Å². The molecule has 0 saturated carbocycles. The van der Waals surface area contributed by atoms with E-state index in [1.165, 1.54) is 0 Å². The number of benzene rings is 1. The number of rotatable bonds is 3. The van der Waals surface area contributed by atoms with Gasteiger partial charge in [-0.1, -0.05) is 18.2 Å². The van der Waals surface area contributed by atoms with Gasteiger partial charge >= 0.3 is 0 Å². The van der Waals surface area contributed by atoms with Crippen LogP contribution in [0.5, 0.6) is 0 Å². The first-order valence-electron chi connectivity index (χ1n) is 7.52. The predicted molar refractivity (Wildman–Crippen MR) is 78.7 cm³/mol. The van der Waals surface area contributed by atoms with Crippen molar-refractivity contribution in [2.45, 2.75) is 25.2 Å². The van der Waals surface area contributed by atoms with Crippen LogP contribution in [0.3, 0.4) is 0 Å². The highest BCUT2D eigenvalue weighted by molar-refractivity contribution is 5.88. The highest BCUT2D eigenvalue weighted by atomic mass is 16.3. The van der Waals surface area contributed by atoms with Crippen molar-refractivity contribution in [2.24, 2.45) is 5.92 Å². The highest BCUT2D eigenvalue weighted by Crippen LogP contribution is 2.33. The van der Waals surface area contributed by atoms with E-state index >= 15 is 0 Å². The Balaban J connectivity index is 1.70. The summed E-state index contributed by atoms with van der Waals surface area (Å²) in [7, 11) is 0. The van der Waals surface area contributed by atoms with Gasteiger partial charge in [-0.2, -0.15) is 0 Å². The van der Waals surface area contributed by atoms with Crippen LogP contribution in [-0.4, -0.2) is 42.2 Å². The van der Waals surface area contributed by atoms with Gasteiger partial charge in [-0.05, 0) is 36.8 Å². The molecule has 0 spiro atoms. The fourth-order valence-corrected chi connectivity index (χ4v) is 3.41. The SMILES string of the molecule is O=C(C1CNc2ccccc21)N1CCCC(CCO)C1. The minimum Gasteiger partial charge on any atom is -0.396 e. The maximum Gasteiger partial charge on any atom is 0.231 e. The van der Waals surface area contributed by atoms with Crippen molar-refractivity contribution in [3.05, 3.63) is 29.8 Å². The molecule has 1 aromatic rings. The molecule has 2 atom stereocenters. The van der Waals surface area contributed by atoms with Gasteiger partial charge in [0.25, 0.3) is 0 Å². The first-order valence-corrected chi connectivity index (χ1v) is 7.52. The maximum absolute atomic E-state index is 12.7. The molecular formula is C16H22N2O2. The van der Waals surface area contributed by atoms with E-state index in [2.05, 4.69) is 5.32 Å². The van der Waals surface area contributed by atoms with E-state index in [1.54, 1.807) is 0 Å². The second kappa shape index (κ2) is 5.83. The number of fused-ring (bicyclic) bond motifs is 1. The molecule has 0 aromatic heterocycles. The Kier molecular flexibility index (Phi) is 3.92. The number of nitrogens with zero attached hydrogens (tertiary/aromatic N) is 1. The number of likely N-dealkylation sites (tertiary alicyclic amines) is 1. The van der Waals surface area contributed by atoms with Gasteiger partial charge in [-0.15, -0.1) is 0 Å². The summed E-state index contributed by atoms with van der Waals surface area (Å²) < 4.78 is 0. The Morgan fingerprint density at radius 1 is 1.40 bits per heavy atom. The number of nitrogens with one attached hydrogen (secondary N) is 1. The van der Waals surface area contributed by atoms with Gasteiger partial charge in [0.05, 0.1) is 5.92 Å². The summed E-state index contributed by atoms with van der Waals surface area (Å²) in [6.45, 7) is 2.59. The van der Waals surface area contributed by atoms with Crippen molar-refractivity contribution in [1.29, 1.82) is 0 Å². The third kappa shape index (κ3) is 2.52. The highest BCUT2D eigenvalue weighted by Gasteiger charge is 2.33. The summed E-state index contributed by atoms with van der Waals surface area (Å²) in [6, 6.07) is 8.08. The molecule has 1 amide bonds. The Hall–Kier alpha value is -1.55. The van der Waals surface area contributed by atoms with Crippen LogP contribution in [0.4, 0.5) is 5.69 Å². The van der Waals surface area contributed by atoms with E-state index in [1.807, 2.05) is 29.2 Å². The number of hydrogen-bond acceptors (Lipinski definition) is 3. The Morgan fingerprint density at radius 3 is 3.10 bits per heavy atom. The van der Waals surface area contributed by atoms with Crippen molar-refractivity contribution < 1.29 is 9.90 Å². The fourth-order valence-electron chi connectivity index (χ4n) is 3.41. The second-order valence-corrected chi connectivity index (χ2v) is 5.83. The first kappa shape index (κ1) is 13.4. The number of aliphatic hydroxyl groups is 1. The number of amides is 1. The molecule has 4 heteroatoms. The molecule has 0 aliphatic carbocycles. The van der Waals surface area contributed by atoms with Crippen LogP contribution >= 0.6 is 0 Å². The number of carbonyl (C=O) groups is 1. The lowest BCUT2D eigenvalue weighted by Gasteiger charge is -2.34. The molecule has 20 heavy (non-hydrogen) atoms. The molecule has 1 fully saturated rings. The Labute approximate surface area is 119 Å². The number of para-hydroxylation sites is 1. The molecule has 2 heterocycles. The van der Waals surface area contributed by atoms with Gasteiger partial charge in [0.1, 0.15) is 0 Å². The van der Waals surface area contributed by atoms with Gasteiger partial charge in [0.2, 0.25) is 5.91 Å². The third-order valence-corrected chi connectivity index (χ3v) is 4.50. The molecule has 0 bridgehead atoms. The van der Waals surface area contributed by atoms with Crippen molar-refractivity contribution in [3.8, 4) is 0 Å². The summed E-state index contributed by atoms with van der Waals surface area (Å²) in [4.78, 5) is 14.7. The molecular weight excluding hydrogens is 252 g/mol. The predicted octanol–water partition coefficient (Wildman–Crippen LogP) is 1.82. The minimum atomic E-state index is -0.0425. The van der Waals surface area contributed by atoms with Gasteiger partial charge in [-0.25, -0.2) is 0 Å². The zero-order valence-electron chi connectivity index (χ0n) is 11.7. The van der Waals surface area contributed by atoms with E-state index in [9.17, 15) is 4.79 Å². The monoisotopic (exact) mass is 274 g/mol. The molecule has 1 aromatic carbocycles. The first-order chi connectivity index (χ1) is 9.79. The van der Waals surface area contributed by atoms with E-state index in [-0.39, 0.29) is 18.4 Å². The molecule has 0 radical (unpaired) electrons. The van der Waals surface area contributed by atoms with Crippen LogP contribution in [0.15, 0.2) is 24.3 Å². The number of carbonyl (C=O) groups excluding carboxylic acids is 1. The van der Waals surface area contributed by atoms with Gasteiger partial charge in [-0.3, -0.25) is 4.79 Å². The van der Waals surface area contributed by atoms with Gasteiger partial charge in [0, 0.05) is 31.9 Å². The van der Waals surface area contributed by atoms with Crippen LogP contribution in [0, 0.1) is 5.92 Å². The number of anilines is 1. The molecule has 2 unspecified atom stereocenters.